The number of piperazine rings is 1. The summed E-state index contributed by atoms with van der Waals surface area (Å²) in [5.41, 5.74) is 0.950. The molecule has 2 aromatic carbocycles. The average molecular weight is 401 g/mol. The molecule has 29 heavy (non-hydrogen) atoms. The number of benzene rings is 2. The quantitative estimate of drug-likeness (QED) is 0.549. The van der Waals surface area contributed by atoms with E-state index in [0.717, 1.165) is 5.56 Å². The Hall–Kier alpha value is -3.00. The van der Waals surface area contributed by atoms with Gasteiger partial charge in [-0.3, -0.25) is 19.8 Å². The van der Waals surface area contributed by atoms with E-state index in [2.05, 4.69) is 11.8 Å². The molecular formula is C21H24FN3O4. The second-order valence-electron chi connectivity index (χ2n) is 7.34. The minimum Gasteiger partial charge on any atom is -0.484 e. The minimum absolute atomic E-state index is 0.00661. The number of non-ortho nitro benzene ring substituents is 1. The molecule has 1 saturated heterocycles. The predicted octanol–water partition coefficient (Wildman–Crippen LogP) is 3.23. The van der Waals surface area contributed by atoms with E-state index in [9.17, 15) is 19.3 Å². The summed E-state index contributed by atoms with van der Waals surface area (Å²) in [7, 11) is 0. The van der Waals surface area contributed by atoms with Crippen LogP contribution in [0.25, 0.3) is 0 Å². The van der Waals surface area contributed by atoms with Crippen LogP contribution in [0.4, 0.5) is 10.1 Å². The summed E-state index contributed by atoms with van der Waals surface area (Å²) >= 11 is 0. The smallest absolute Gasteiger partial charge is 0.273 e. The fourth-order valence-corrected chi connectivity index (χ4v) is 3.51. The summed E-state index contributed by atoms with van der Waals surface area (Å²) in [4.78, 5) is 27.0. The summed E-state index contributed by atoms with van der Waals surface area (Å²) < 4.78 is 18.6. The molecule has 0 radical (unpaired) electrons. The van der Waals surface area contributed by atoms with Crippen LogP contribution in [0, 0.1) is 15.9 Å². The Morgan fingerprint density at radius 2 is 1.90 bits per heavy atom. The summed E-state index contributed by atoms with van der Waals surface area (Å²) in [5.74, 6) is -0.116. The van der Waals surface area contributed by atoms with Crippen molar-refractivity contribution >= 4 is 11.6 Å². The molecule has 1 amide bonds. The number of amides is 1. The van der Waals surface area contributed by atoms with Gasteiger partial charge in [0.05, 0.1) is 11.0 Å². The maximum Gasteiger partial charge on any atom is 0.273 e. The van der Waals surface area contributed by atoms with Crippen molar-refractivity contribution in [3.8, 4) is 5.75 Å². The highest BCUT2D eigenvalue weighted by molar-refractivity contribution is 5.78. The largest absolute Gasteiger partial charge is 0.484 e. The van der Waals surface area contributed by atoms with Crippen molar-refractivity contribution in [2.45, 2.75) is 32.5 Å². The number of hydrogen-bond acceptors (Lipinski definition) is 5. The highest BCUT2D eigenvalue weighted by atomic mass is 19.1. The van der Waals surface area contributed by atoms with E-state index in [1.807, 2.05) is 6.92 Å². The van der Waals surface area contributed by atoms with E-state index in [4.69, 9.17) is 4.74 Å². The Bertz CT molecular complexity index is 874. The molecule has 1 heterocycles. The Labute approximate surface area is 168 Å². The van der Waals surface area contributed by atoms with E-state index in [0.29, 0.717) is 25.4 Å². The second-order valence-corrected chi connectivity index (χ2v) is 7.34. The molecule has 154 valence electrons. The first-order valence-corrected chi connectivity index (χ1v) is 9.48. The third kappa shape index (κ3) is 5.29. The fraction of sp³-hybridized carbons (Fsp3) is 0.381. The maximum absolute atomic E-state index is 13.1. The highest BCUT2D eigenvalue weighted by Crippen LogP contribution is 2.21. The summed E-state index contributed by atoms with van der Waals surface area (Å²) in [5, 5.41) is 10.8. The minimum atomic E-state index is -0.501. The van der Waals surface area contributed by atoms with Crippen LogP contribution in [0.3, 0.4) is 0 Å². The van der Waals surface area contributed by atoms with Gasteiger partial charge in [0.25, 0.3) is 11.6 Å². The molecule has 0 bridgehead atoms. The summed E-state index contributed by atoms with van der Waals surface area (Å²) in [6, 6.07) is 12.4. The van der Waals surface area contributed by atoms with Gasteiger partial charge in [-0.05, 0) is 37.6 Å². The Morgan fingerprint density at radius 3 is 2.59 bits per heavy atom. The molecule has 0 unspecified atom stereocenters. The lowest BCUT2D eigenvalue weighted by Crippen LogP contribution is -2.58. The van der Waals surface area contributed by atoms with Gasteiger partial charge in [-0.2, -0.15) is 0 Å². The van der Waals surface area contributed by atoms with Crippen LogP contribution < -0.4 is 4.74 Å². The normalized spacial score (nSPS) is 19.8. The number of carbonyl (C=O) groups excluding carboxylic acids is 1. The number of rotatable bonds is 6. The van der Waals surface area contributed by atoms with Crippen LogP contribution in [0.1, 0.15) is 19.4 Å². The Balaban J connectivity index is 1.56. The van der Waals surface area contributed by atoms with E-state index in [1.165, 1.54) is 30.3 Å². The summed E-state index contributed by atoms with van der Waals surface area (Å²) in [6.45, 7) is 5.81. The first-order valence-electron chi connectivity index (χ1n) is 9.48. The maximum atomic E-state index is 13.1. The zero-order chi connectivity index (χ0) is 21.0. The molecule has 2 aromatic rings. The lowest BCUT2D eigenvalue weighted by molar-refractivity contribution is -0.384. The highest BCUT2D eigenvalue weighted by Gasteiger charge is 2.32. The third-order valence-electron chi connectivity index (χ3n) is 5.13. The molecule has 1 aliphatic rings. The number of halogens is 1. The first-order chi connectivity index (χ1) is 13.8. The van der Waals surface area contributed by atoms with Gasteiger partial charge in [-0.15, -0.1) is 0 Å². The van der Waals surface area contributed by atoms with Gasteiger partial charge in [0, 0.05) is 37.8 Å². The average Bonchev–Trinajstić information content (AvgIpc) is 2.70. The van der Waals surface area contributed by atoms with Gasteiger partial charge < -0.3 is 9.64 Å². The lowest BCUT2D eigenvalue weighted by Gasteiger charge is -2.44. The predicted molar refractivity (Wildman–Crippen MR) is 106 cm³/mol. The van der Waals surface area contributed by atoms with E-state index in [1.54, 1.807) is 23.1 Å². The van der Waals surface area contributed by atoms with Crippen molar-refractivity contribution in [3.05, 3.63) is 70.0 Å². The van der Waals surface area contributed by atoms with E-state index in [-0.39, 0.29) is 36.1 Å². The molecule has 1 fully saturated rings. The monoisotopic (exact) mass is 401 g/mol. The van der Waals surface area contributed by atoms with Crippen molar-refractivity contribution in [2.24, 2.45) is 0 Å². The molecule has 0 aliphatic carbocycles. The SMILES string of the molecule is C[C@@H]1CN(C(=O)COc2cccc([N+](=O)[O-])c2)[C@@H](C)CN1Cc1ccc(F)cc1. The lowest BCUT2D eigenvalue weighted by atomic mass is 10.1. The van der Waals surface area contributed by atoms with Crippen LogP contribution in [0.5, 0.6) is 5.75 Å². The number of nitro benzene ring substituents is 1. The molecule has 8 heteroatoms. The van der Waals surface area contributed by atoms with Crippen molar-refractivity contribution in [1.29, 1.82) is 0 Å². The van der Waals surface area contributed by atoms with Gasteiger partial charge >= 0.3 is 0 Å². The third-order valence-corrected chi connectivity index (χ3v) is 5.13. The summed E-state index contributed by atoms with van der Waals surface area (Å²) in [6.07, 6.45) is 0. The fourth-order valence-electron chi connectivity index (χ4n) is 3.51. The Morgan fingerprint density at radius 1 is 1.17 bits per heavy atom. The number of carbonyl (C=O) groups is 1. The number of nitrogens with zero attached hydrogens (tertiary/aromatic N) is 3. The van der Waals surface area contributed by atoms with Crippen LogP contribution in [-0.4, -0.2) is 52.4 Å². The van der Waals surface area contributed by atoms with Gasteiger partial charge in [0.15, 0.2) is 6.61 Å². The first kappa shape index (κ1) is 20.7. The zero-order valence-corrected chi connectivity index (χ0v) is 16.5. The van der Waals surface area contributed by atoms with Gasteiger partial charge in [-0.1, -0.05) is 18.2 Å². The van der Waals surface area contributed by atoms with E-state index < -0.39 is 4.92 Å². The molecule has 1 aliphatic heterocycles. The molecular weight excluding hydrogens is 377 g/mol. The van der Waals surface area contributed by atoms with Crippen LogP contribution in [0.15, 0.2) is 48.5 Å². The Kier molecular flexibility index (Phi) is 6.43. The number of hydrogen-bond donors (Lipinski definition) is 0. The topological polar surface area (TPSA) is 75.9 Å². The number of nitro groups is 1. The van der Waals surface area contributed by atoms with Crippen LogP contribution >= 0.6 is 0 Å². The van der Waals surface area contributed by atoms with Crippen molar-refractivity contribution in [2.75, 3.05) is 19.7 Å². The number of ether oxygens (including phenoxy) is 1. The van der Waals surface area contributed by atoms with E-state index >= 15 is 0 Å². The zero-order valence-electron chi connectivity index (χ0n) is 16.5. The van der Waals surface area contributed by atoms with Crippen molar-refractivity contribution < 1.29 is 18.8 Å². The second kappa shape index (κ2) is 9.00. The standard InChI is InChI=1S/C21H24FN3O4/c1-15-12-24(16(2)11-23(15)13-17-6-8-18(22)9-7-17)21(26)14-29-20-5-3-4-19(10-20)25(27)28/h3-10,15-16H,11-14H2,1-2H3/t15-,16+/m1/s1. The molecule has 3 rings (SSSR count). The molecule has 7 nitrogen and oxygen atoms in total. The van der Waals surface area contributed by atoms with Crippen molar-refractivity contribution in [3.63, 3.8) is 0 Å². The van der Waals surface area contributed by atoms with Gasteiger partial charge in [0.2, 0.25) is 0 Å². The molecule has 0 aromatic heterocycles. The molecule has 0 saturated carbocycles. The van der Waals surface area contributed by atoms with Gasteiger partial charge in [0.1, 0.15) is 11.6 Å². The molecule has 0 spiro atoms. The molecule has 2 atom stereocenters. The van der Waals surface area contributed by atoms with Crippen LogP contribution in [-0.2, 0) is 11.3 Å². The van der Waals surface area contributed by atoms with Crippen molar-refractivity contribution in [1.82, 2.24) is 9.80 Å². The van der Waals surface area contributed by atoms with Crippen LogP contribution in [0.2, 0.25) is 0 Å². The van der Waals surface area contributed by atoms with Gasteiger partial charge in [-0.25, -0.2) is 4.39 Å². The molecule has 0 N–H and O–H groups in total.